The molecule has 0 bridgehead atoms. The summed E-state index contributed by atoms with van der Waals surface area (Å²) in [6.45, 7) is 1.64. The Kier molecular flexibility index (Phi) is 6.96. The first-order chi connectivity index (χ1) is 16.1. The number of rotatable bonds is 9. The molecule has 0 aliphatic carbocycles. The first-order valence-electron chi connectivity index (χ1n) is 10.3. The van der Waals surface area contributed by atoms with Crippen LogP contribution in [0.5, 0.6) is 0 Å². The van der Waals surface area contributed by atoms with E-state index in [2.05, 4.69) is 43.4 Å². The van der Waals surface area contributed by atoms with Crippen molar-refractivity contribution in [3.05, 3.63) is 84.0 Å². The molecule has 9 nitrogen and oxygen atoms in total. The monoisotopic (exact) mass is 461 g/mol. The van der Waals surface area contributed by atoms with Gasteiger partial charge in [-0.15, -0.1) is 0 Å². The Hall–Kier alpha value is -4.18. The molecule has 2 amide bonds. The molecule has 0 saturated carbocycles. The number of thiazole rings is 1. The molecule has 33 heavy (non-hydrogen) atoms. The van der Waals surface area contributed by atoms with Crippen molar-refractivity contribution < 1.29 is 9.59 Å². The Labute approximate surface area is 194 Å². The second kappa shape index (κ2) is 10.4. The summed E-state index contributed by atoms with van der Waals surface area (Å²) in [5.74, 6) is -1.07. The fraction of sp³-hybridized carbons (Fsp3) is 0.130. The van der Waals surface area contributed by atoms with E-state index in [0.29, 0.717) is 10.7 Å². The Morgan fingerprint density at radius 2 is 1.88 bits per heavy atom. The number of anilines is 4. The molecule has 3 aromatic rings. The van der Waals surface area contributed by atoms with Gasteiger partial charge in [0.25, 0.3) is 11.8 Å². The molecular weight excluding hydrogens is 438 g/mol. The van der Waals surface area contributed by atoms with Crippen LogP contribution in [-0.4, -0.2) is 34.9 Å². The van der Waals surface area contributed by atoms with Gasteiger partial charge >= 0.3 is 0 Å². The summed E-state index contributed by atoms with van der Waals surface area (Å²) in [6.07, 6.45) is 10.4. The summed E-state index contributed by atoms with van der Waals surface area (Å²) in [6, 6.07) is 10.7. The molecule has 0 spiro atoms. The third-order valence-electron chi connectivity index (χ3n) is 4.81. The number of benzene rings is 1. The van der Waals surface area contributed by atoms with Crippen molar-refractivity contribution in [3.8, 4) is 0 Å². The molecule has 3 heterocycles. The van der Waals surface area contributed by atoms with E-state index in [1.165, 1.54) is 5.57 Å². The van der Waals surface area contributed by atoms with Gasteiger partial charge in [0.15, 0.2) is 10.8 Å². The first kappa shape index (κ1) is 22.0. The summed E-state index contributed by atoms with van der Waals surface area (Å²) in [7, 11) is 0. The average molecular weight is 462 g/mol. The van der Waals surface area contributed by atoms with E-state index < -0.39 is 5.91 Å². The van der Waals surface area contributed by atoms with Gasteiger partial charge in [0.2, 0.25) is 0 Å². The Morgan fingerprint density at radius 3 is 2.58 bits per heavy atom. The van der Waals surface area contributed by atoms with Gasteiger partial charge in [-0.05, 0) is 60.7 Å². The molecule has 6 N–H and O–H groups in total. The number of carbonyl (C=O) groups excluding carboxylic acids is 2. The van der Waals surface area contributed by atoms with Gasteiger partial charge in [-0.2, -0.15) is 0 Å². The normalized spacial score (nSPS) is 12.4. The second-order valence-electron chi connectivity index (χ2n) is 7.15. The molecule has 0 unspecified atom stereocenters. The standard InChI is InChI=1S/C23H23N7O2S/c24-20(31)19-22(33-23(29-19)28-18-8-12-26-13-9-18)30-21(32)16-1-3-17(4-2-16)27-14-7-15-5-10-25-11-6-15/h1-6,8-10,12-13,25,27H,7,11,14H2,(H2,24,31)(H,30,32)(H,26,28,29). The number of allylic oxidation sites excluding steroid dienone is 1. The summed E-state index contributed by atoms with van der Waals surface area (Å²) >= 11 is 1.13. The number of hydrogen-bond acceptors (Lipinski definition) is 8. The maximum atomic E-state index is 12.7. The molecule has 0 saturated heterocycles. The van der Waals surface area contributed by atoms with Crippen LogP contribution in [0.4, 0.5) is 21.5 Å². The van der Waals surface area contributed by atoms with Crippen LogP contribution in [0, 0.1) is 0 Å². The number of pyridine rings is 1. The number of nitrogens with two attached hydrogens (primary N) is 1. The SMILES string of the molecule is NC(=O)c1nc(Nc2ccncc2)sc1NC(=O)c1ccc(NCCC2=CCNC=C2)cc1. The molecular formula is C23H23N7O2S. The lowest BCUT2D eigenvalue weighted by Gasteiger charge is -2.10. The summed E-state index contributed by atoms with van der Waals surface area (Å²) < 4.78 is 0. The molecule has 1 aromatic carbocycles. The van der Waals surface area contributed by atoms with Crippen molar-refractivity contribution in [2.24, 2.45) is 5.73 Å². The minimum Gasteiger partial charge on any atom is -0.387 e. The van der Waals surface area contributed by atoms with E-state index in [4.69, 9.17) is 5.73 Å². The number of hydrogen-bond donors (Lipinski definition) is 5. The fourth-order valence-electron chi connectivity index (χ4n) is 3.13. The van der Waals surface area contributed by atoms with Gasteiger partial charge in [0.05, 0.1) is 0 Å². The van der Waals surface area contributed by atoms with Crippen LogP contribution in [0.3, 0.4) is 0 Å². The number of carbonyl (C=O) groups is 2. The lowest BCUT2D eigenvalue weighted by Crippen LogP contribution is -2.17. The number of nitrogens with zero attached hydrogens (tertiary/aromatic N) is 2. The van der Waals surface area contributed by atoms with E-state index in [1.807, 2.05) is 18.3 Å². The largest absolute Gasteiger partial charge is 0.387 e. The highest BCUT2D eigenvalue weighted by atomic mass is 32.1. The highest BCUT2D eigenvalue weighted by Gasteiger charge is 2.19. The minimum atomic E-state index is -0.720. The molecule has 0 atom stereocenters. The topological polar surface area (TPSA) is 134 Å². The van der Waals surface area contributed by atoms with Crippen molar-refractivity contribution in [2.75, 3.05) is 29.0 Å². The van der Waals surface area contributed by atoms with Crippen molar-refractivity contribution in [2.45, 2.75) is 6.42 Å². The lowest BCUT2D eigenvalue weighted by molar-refractivity contribution is 0.0997. The smallest absolute Gasteiger partial charge is 0.270 e. The van der Waals surface area contributed by atoms with Crippen LogP contribution in [0.15, 0.2) is 72.7 Å². The van der Waals surface area contributed by atoms with Gasteiger partial charge in [-0.1, -0.05) is 17.4 Å². The molecule has 1 aliphatic rings. The molecule has 2 aromatic heterocycles. The van der Waals surface area contributed by atoms with Gasteiger partial charge in [-0.25, -0.2) is 4.98 Å². The zero-order chi connectivity index (χ0) is 23.0. The highest BCUT2D eigenvalue weighted by Crippen LogP contribution is 2.30. The van der Waals surface area contributed by atoms with Crippen molar-refractivity contribution in [3.63, 3.8) is 0 Å². The minimum absolute atomic E-state index is 0.00413. The molecule has 168 valence electrons. The Balaban J connectivity index is 1.37. The van der Waals surface area contributed by atoms with Crippen LogP contribution in [0.2, 0.25) is 0 Å². The van der Waals surface area contributed by atoms with Crippen molar-refractivity contribution in [1.82, 2.24) is 15.3 Å². The fourth-order valence-corrected chi connectivity index (χ4v) is 4.01. The summed E-state index contributed by atoms with van der Waals surface area (Å²) in [5.41, 5.74) is 8.87. The van der Waals surface area contributed by atoms with E-state index in [-0.39, 0.29) is 16.6 Å². The zero-order valence-electron chi connectivity index (χ0n) is 17.7. The van der Waals surface area contributed by atoms with Crippen molar-refractivity contribution in [1.29, 1.82) is 0 Å². The number of aromatic nitrogens is 2. The van der Waals surface area contributed by atoms with Crippen LogP contribution in [0.25, 0.3) is 0 Å². The highest BCUT2D eigenvalue weighted by molar-refractivity contribution is 7.20. The quantitative estimate of drug-likeness (QED) is 0.329. The predicted octanol–water partition coefficient (Wildman–Crippen LogP) is 3.48. The average Bonchev–Trinajstić information content (AvgIpc) is 3.23. The first-order valence-corrected chi connectivity index (χ1v) is 11.1. The molecule has 0 fully saturated rings. The summed E-state index contributed by atoms with van der Waals surface area (Å²) in [4.78, 5) is 32.7. The van der Waals surface area contributed by atoms with E-state index in [0.717, 1.165) is 42.2 Å². The third-order valence-corrected chi connectivity index (χ3v) is 5.69. The van der Waals surface area contributed by atoms with E-state index in [1.54, 1.807) is 36.7 Å². The van der Waals surface area contributed by atoms with Crippen LogP contribution >= 0.6 is 11.3 Å². The third kappa shape index (κ3) is 5.95. The van der Waals surface area contributed by atoms with Gasteiger partial charge in [0.1, 0.15) is 5.00 Å². The molecule has 0 radical (unpaired) electrons. The number of primary amides is 1. The lowest BCUT2D eigenvalue weighted by atomic mass is 10.1. The maximum Gasteiger partial charge on any atom is 0.270 e. The summed E-state index contributed by atoms with van der Waals surface area (Å²) in [5, 5.41) is 13.0. The van der Waals surface area contributed by atoms with Crippen molar-refractivity contribution >= 4 is 44.7 Å². The maximum absolute atomic E-state index is 12.7. The predicted molar refractivity (Wildman–Crippen MR) is 131 cm³/mol. The van der Waals surface area contributed by atoms with Gasteiger partial charge in [-0.3, -0.25) is 14.6 Å². The zero-order valence-corrected chi connectivity index (χ0v) is 18.5. The molecule has 10 heteroatoms. The van der Waals surface area contributed by atoms with Crippen LogP contribution < -0.4 is 27.0 Å². The van der Waals surface area contributed by atoms with E-state index >= 15 is 0 Å². The Morgan fingerprint density at radius 1 is 1.09 bits per heavy atom. The number of dihydropyridines is 1. The molecule has 1 aliphatic heterocycles. The Bertz CT molecular complexity index is 1190. The molecule has 4 rings (SSSR count). The van der Waals surface area contributed by atoms with Gasteiger partial charge in [0, 0.05) is 42.4 Å². The van der Waals surface area contributed by atoms with E-state index in [9.17, 15) is 9.59 Å². The van der Waals surface area contributed by atoms with Gasteiger partial charge < -0.3 is 27.0 Å². The second-order valence-corrected chi connectivity index (χ2v) is 8.15. The van der Waals surface area contributed by atoms with Crippen LogP contribution in [-0.2, 0) is 0 Å². The number of nitrogens with one attached hydrogen (secondary N) is 4. The number of amides is 2. The van der Waals surface area contributed by atoms with Crippen LogP contribution in [0.1, 0.15) is 27.3 Å².